The molecule has 1 saturated heterocycles. The molecule has 4 aromatic rings. The predicted molar refractivity (Wildman–Crippen MR) is 122 cm³/mol. The van der Waals surface area contributed by atoms with Crippen LogP contribution in [0.3, 0.4) is 0 Å². The number of carbonyl (C=O) groups is 3. The van der Waals surface area contributed by atoms with Gasteiger partial charge in [-0.25, -0.2) is 0 Å². The van der Waals surface area contributed by atoms with Crippen molar-refractivity contribution in [3.8, 4) is 11.3 Å². The molecule has 8 heteroatoms. The molecule has 0 atom stereocenters. The van der Waals surface area contributed by atoms with Gasteiger partial charge in [0.2, 0.25) is 0 Å². The Balaban J connectivity index is 1.34. The zero-order valence-corrected chi connectivity index (χ0v) is 18.1. The number of aryl methyl sites for hydroxylation is 1. The van der Waals surface area contributed by atoms with Gasteiger partial charge in [-0.2, -0.15) is 0 Å². The van der Waals surface area contributed by atoms with Crippen LogP contribution in [0.5, 0.6) is 0 Å². The van der Waals surface area contributed by atoms with Crippen LogP contribution in [-0.4, -0.2) is 63.5 Å². The summed E-state index contributed by atoms with van der Waals surface area (Å²) in [5.41, 5.74) is 3.86. The highest BCUT2D eigenvalue weighted by Crippen LogP contribution is 2.31. The number of rotatable bonds is 4. The summed E-state index contributed by atoms with van der Waals surface area (Å²) >= 11 is 0. The van der Waals surface area contributed by atoms with Crippen molar-refractivity contribution in [2.24, 2.45) is 0 Å². The largest absolute Gasteiger partial charge is 0.472 e. The van der Waals surface area contributed by atoms with Crippen LogP contribution in [0, 0.1) is 6.92 Å². The lowest BCUT2D eigenvalue weighted by atomic mass is 10.0. The van der Waals surface area contributed by atoms with Crippen LogP contribution in [0.4, 0.5) is 0 Å². The molecule has 0 aliphatic carbocycles. The molecule has 1 aromatic carbocycles. The maximum absolute atomic E-state index is 13.2. The second-order valence-electron chi connectivity index (χ2n) is 8.03. The molecule has 0 bridgehead atoms. The fourth-order valence-electron chi connectivity index (χ4n) is 4.24. The highest BCUT2D eigenvalue weighted by molar-refractivity contribution is 6.45. The standard InChI is InChI=1S/C25H22N4O4/c1-16-13-26-21(18-7-12-33-15-18)22-20(16)19(14-27-22)23(30)25(32)29-10-8-28(9-11-29)24(31)17-5-3-2-4-6-17/h2-7,12-15,27H,8-11H2,1H3. The van der Waals surface area contributed by atoms with E-state index in [4.69, 9.17) is 4.42 Å². The van der Waals surface area contributed by atoms with Crippen LogP contribution in [0.1, 0.15) is 26.3 Å². The summed E-state index contributed by atoms with van der Waals surface area (Å²) in [6, 6.07) is 10.8. The van der Waals surface area contributed by atoms with Gasteiger partial charge in [0.1, 0.15) is 0 Å². The average molecular weight is 442 g/mol. The molecule has 3 aromatic heterocycles. The summed E-state index contributed by atoms with van der Waals surface area (Å²) in [6.45, 7) is 3.25. The van der Waals surface area contributed by atoms with Crippen molar-refractivity contribution >= 4 is 28.5 Å². The molecule has 4 heterocycles. The fourth-order valence-corrected chi connectivity index (χ4v) is 4.24. The smallest absolute Gasteiger partial charge is 0.295 e. The van der Waals surface area contributed by atoms with Crippen molar-refractivity contribution in [2.75, 3.05) is 26.2 Å². The quantitative estimate of drug-likeness (QED) is 0.386. The normalized spacial score (nSPS) is 14.0. The summed E-state index contributed by atoms with van der Waals surface area (Å²) in [5, 5.41) is 0.678. The molecule has 8 nitrogen and oxygen atoms in total. The lowest BCUT2D eigenvalue weighted by molar-refractivity contribution is -0.127. The van der Waals surface area contributed by atoms with Crippen molar-refractivity contribution in [3.05, 3.63) is 78.0 Å². The van der Waals surface area contributed by atoms with E-state index >= 15 is 0 Å². The molecule has 0 spiro atoms. The predicted octanol–water partition coefficient (Wildman–Crippen LogP) is 3.30. The Bertz CT molecular complexity index is 1330. The highest BCUT2D eigenvalue weighted by atomic mass is 16.3. The van der Waals surface area contributed by atoms with E-state index in [-0.39, 0.29) is 5.91 Å². The lowest BCUT2D eigenvalue weighted by Crippen LogP contribution is -2.52. The number of nitrogens with one attached hydrogen (secondary N) is 1. The summed E-state index contributed by atoms with van der Waals surface area (Å²) in [4.78, 5) is 49.7. The van der Waals surface area contributed by atoms with E-state index in [1.54, 1.807) is 48.0 Å². The van der Waals surface area contributed by atoms with Gasteiger partial charge in [0, 0.05) is 55.1 Å². The molecule has 1 fully saturated rings. The first-order valence-corrected chi connectivity index (χ1v) is 10.7. The zero-order chi connectivity index (χ0) is 22.9. The number of aromatic nitrogens is 2. The third-order valence-electron chi connectivity index (χ3n) is 6.01. The first-order valence-electron chi connectivity index (χ1n) is 10.7. The second kappa shape index (κ2) is 8.38. The fraction of sp³-hybridized carbons (Fsp3) is 0.200. The van der Waals surface area contributed by atoms with Crippen LogP contribution >= 0.6 is 0 Å². The summed E-state index contributed by atoms with van der Waals surface area (Å²) < 4.78 is 5.16. The minimum Gasteiger partial charge on any atom is -0.472 e. The van der Waals surface area contributed by atoms with Crippen LogP contribution in [0.25, 0.3) is 22.2 Å². The Morgan fingerprint density at radius 1 is 1.00 bits per heavy atom. The van der Waals surface area contributed by atoms with E-state index in [0.717, 1.165) is 11.1 Å². The Labute approximate surface area is 189 Å². The SMILES string of the molecule is Cc1cnc(-c2ccoc2)c2[nH]cc(C(=O)C(=O)N3CCN(C(=O)c4ccccc4)CC3)c12. The Morgan fingerprint density at radius 2 is 1.73 bits per heavy atom. The molecule has 1 N–H and O–H groups in total. The van der Waals surface area contributed by atoms with Crippen LogP contribution in [0.15, 0.2) is 65.7 Å². The Hall–Kier alpha value is -4.20. The lowest BCUT2D eigenvalue weighted by Gasteiger charge is -2.34. The van der Waals surface area contributed by atoms with Gasteiger partial charge in [0.15, 0.2) is 0 Å². The van der Waals surface area contributed by atoms with Crippen molar-refractivity contribution in [3.63, 3.8) is 0 Å². The maximum Gasteiger partial charge on any atom is 0.295 e. The van der Waals surface area contributed by atoms with E-state index in [2.05, 4.69) is 9.97 Å². The minimum atomic E-state index is -0.573. The van der Waals surface area contributed by atoms with Gasteiger partial charge in [-0.3, -0.25) is 19.4 Å². The molecule has 2 amide bonds. The number of nitrogens with zero attached hydrogens (tertiary/aromatic N) is 3. The number of piperazine rings is 1. The highest BCUT2D eigenvalue weighted by Gasteiger charge is 2.30. The summed E-state index contributed by atoms with van der Waals surface area (Å²) in [6.07, 6.45) is 6.40. The molecule has 33 heavy (non-hydrogen) atoms. The molecule has 0 saturated carbocycles. The van der Waals surface area contributed by atoms with Gasteiger partial charge >= 0.3 is 0 Å². The molecular formula is C25H22N4O4. The number of hydrogen-bond acceptors (Lipinski definition) is 5. The number of fused-ring (bicyclic) bond motifs is 1. The Morgan fingerprint density at radius 3 is 2.42 bits per heavy atom. The van der Waals surface area contributed by atoms with E-state index in [1.807, 2.05) is 25.1 Å². The van der Waals surface area contributed by atoms with Crippen LogP contribution < -0.4 is 0 Å². The zero-order valence-electron chi connectivity index (χ0n) is 18.1. The first-order chi connectivity index (χ1) is 16.0. The number of furan rings is 1. The molecule has 1 aliphatic rings. The topological polar surface area (TPSA) is 99.5 Å². The summed E-state index contributed by atoms with van der Waals surface area (Å²) in [5.74, 6) is -1.21. The van der Waals surface area contributed by atoms with Gasteiger partial charge in [-0.05, 0) is 30.7 Å². The van der Waals surface area contributed by atoms with Crippen molar-refractivity contribution in [1.29, 1.82) is 0 Å². The van der Waals surface area contributed by atoms with Gasteiger partial charge in [-0.15, -0.1) is 0 Å². The summed E-state index contributed by atoms with van der Waals surface area (Å²) in [7, 11) is 0. The number of amides is 2. The number of aromatic amines is 1. The first kappa shape index (κ1) is 20.7. The van der Waals surface area contributed by atoms with E-state index in [1.165, 1.54) is 4.90 Å². The number of pyridine rings is 1. The van der Waals surface area contributed by atoms with Crippen molar-refractivity contribution < 1.29 is 18.8 Å². The minimum absolute atomic E-state index is 0.0689. The van der Waals surface area contributed by atoms with Gasteiger partial charge < -0.3 is 19.2 Å². The van der Waals surface area contributed by atoms with Crippen LogP contribution in [-0.2, 0) is 4.79 Å². The third-order valence-corrected chi connectivity index (χ3v) is 6.01. The number of hydrogen-bond donors (Lipinski definition) is 1. The molecule has 166 valence electrons. The third kappa shape index (κ3) is 3.69. The molecule has 5 rings (SSSR count). The monoisotopic (exact) mass is 442 g/mol. The Kier molecular flexibility index (Phi) is 5.26. The van der Waals surface area contributed by atoms with E-state index < -0.39 is 11.7 Å². The molecule has 0 radical (unpaired) electrons. The molecule has 1 aliphatic heterocycles. The molecule has 0 unspecified atom stereocenters. The van der Waals surface area contributed by atoms with Crippen molar-refractivity contribution in [1.82, 2.24) is 19.8 Å². The van der Waals surface area contributed by atoms with E-state index in [9.17, 15) is 14.4 Å². The number of carbonyl (C=O) groups excluding carboxylic acids is 3. The average Bonchev–Trinajstić information content (AvgIpc) is 3.55. The van der Waals surface area contributed by atoms with E-state index in [0.29, 0.717) is 53.9 Å². The van der Waals surface area contributed by atoms with Gasteiger partial charge in [0.25, 0.3) is 17.6 Å². The second-order valence-corrected chi connectivity index (χ2v) is 8.03. The molecular weight excluding hydrogens is 420 g/mol. The number of H-pyrrole nitrogens is 1. The van der Waals surface area contributed by atoms with Gasteiger partial charge in [0.05, 0.1) is 29.3 Å². The van der Waals surface area contributed by atoms with Crippen LogP contribution in [0.2, 0.25) is 0 Å². The van der Waals surface area contributed by atoms with Gasteiger partial charge in [-0.1, -0.05) is 18.2 Å². The number of ketones is 1. The maximum atomic E-state index is 13.2. The van der Waals surface area contributed by atoms with Crippen molar-refractivity contribution in [2.45, 2.75) is 6.92 Å². The number of Topliss-reactive ketones (excluding diaryl/α,β-unsaturated/α-hetero) is 1. The number of benzene rings is 1.